The molecule has 0 unspecified atom stereocenters. The third-order valence-electron chi connectivity index (χ3n) is 4.96. The van der Waals surface area contributed by atoms with Gasteiger partial charge in [0.1, 0.15) is 10.6 Å². The van der Waals surface area contributed by atoms with Crippen molar-refractivity contribution in [3.05, 3.63) is 18.0 Å². The van der Waals surface area contributed by atoms with E-state index in [0.717, 1.165) is 25.7 Å². The van der Waals surface area contributed by atoms with Gasteiger partial charge in [-0.05, 0) is 45.6 Å². The van der Waals surface area contributed by atoms with Crippen molar-refractivity contribution >= 4 is 15.9 Å². The Morgan fingerprint density at radius 1 is 1.15 bits per heavy atom. The summed E-state index contributed by atoms with van der Waals surface area (Å²) in [6.07, 6.45) is 4.90. The summed E-state index contributed by atoms with van der Waals surface area (Å²) in [4.78, 5) is 15.1. The van der Waals surface area contributed by atoms with E-state index in [-0.39, 0.29) is 40.8 Å². The van der Waals surface area contributed by atoms with E-state index < -0.39 is 10.0 Å². The molecule has 8 nitrogen and oxygen atoms in total. The predicted octanol–water partition coefficient (Wildman–Crippen LogP) is 1.16. The monoisotopic (exact) mass is 385 g/mol. The van der Waals surface area contributed by atoms with Crippen molar-refractivity contribution in [2.75, 3.05) is 13.2 Å². The van der Waals surface area contributed by atoms with Gasteiger partial charge < -0.3 is 19.8 Å². The molecule has 2 fully saturated rings. The summed E-state index contributed by atoms with van der Waals surface area (Å²) in [7, 11) is -3.72. The average Bonchev–Trinajstić information content (AvgIpc) is 3.36. The SMILES string of the molecule is C[C@H](NC(=O)c1cc(S(=O)(=O)N[C@H](C)[C@H]2CCCO2)c[nH]1)[C@@H]1CCCO1. The molecule has 0 bridgehead atoms. The zero-order valence-corrected chi connectivity index (χ0v) is 16.0. The fourth-order valence-electron chi connectivity index (χ4n) is 3.42. The normalized spacial score (nSPS) is 25.9. The Morgan fingerprint density at radius 2 is 1.77 bits per heavy atom. The van der Waals surface area contributed by atoms with E-state index >= 15 is 0 Å². The Bertz CT molecular complexity index is 721. The van der Waals surface area contributed by atoms with E-state index in [1.165, 1.54) is 12.3 Å². The van der Waals surface area contributed by atoms with Crippen LogP contribution in [-0.4, -0.2) is 56.8 Å². The largest absolute Gasteiger partial charge is 0.377 e. The van der Waals surface area contributed by atoms with E-state index in [2.05, 4.69) is 15.0 Å². The minimum absolute atomic E-state index is 0.00560. The zero-order valence-electron chi connectivity index (χ0n) is 15.2. The molecule has 3 rings (SSSR count). The maximum absolute atomic E-state index is 12.5. The van der Waals surface area contributed by atoms with E-state index in [9.17, 15) is 13.2 Å². The Kier molecular flexibility index (Phi) is 6.01. The van der Waals surface area contributed by atoms with Crippen LogP contribution in [-0.2, 0) is 19.5 Å². The summed E-state index contributed by atoms with van der Waals surface area (Å²) in [5, 5.41) is 2.86. The van der Waals surface area contributed by atoms with Gasteiger partial charge in [0.05, 0.1) is 18.2 Å². The summed E-state index contributed by atoms with van der Waals surface area (Å²) in [5.41, 5.74) is 0.208. The van der Waals surface area contributed by atoms with E-state index in [4.69, 9.17) is 9.47 Å². The number of sulfonamides is 1. The molecule has 146 valence electrons. The van der Waals surface area contributed by atoms with Crippen LogP contribution in [0.5, 0.6) is 0 Å². The first-order valence-electron chi connectivity index (χ1n) is 9.11. The van der Waals surface area contributed by atoms with E-state index in [1.807, 2.05) is 6.92 Å². The number of carbonyl (C=O) groups is 1. The maximum atomic E-state index is 12.5. The fraction of sp³-hybridized carbons (Fsp3) is 0.706. The van der Waals surface area contributed by atoms with Crippen molar-refractivity contribution in [2.24, 2.45) is 0 Å². The first-order valence-corrected chi connectivity index (χ1v) is 10.6. The highest BCUT2D eigenvalue weighted by atomic mass is 32.2. The molecule has 26 heavy (non-hydrogen) atoms. The fourth-order valence-corrected chi connectivity index (χ4v) is 4.69. The molecule has 0 spiro atoms. The number of H-pyrrole nitrogens is 1. The van der Waals surface area contributed by atoms with Gasteiger partial charge in [0.2, 0.25) is 10.0 Å². The molecule has 2 aliphatic heterocycles. The molecule has 3 N–H and O–H groups in total. The molecule has 3 heterocycles. The van der Waals surface area contributed by atoms with Crippen molar-refractivity contribution in [1.82, 2.24) is 15.0 Å². The van der Waals surface area contributed by atoms with Gasteiger partial charge in [-0.25, -0.2) is 13.1 Å². The first-order chi connectivity index (χ1) is 12.4. The number of aromatic nitrogens is 1. The minimum Gasteiger partial charge on any atom is -0.377 e. The van der Waals surface area contributed by atoms with Crippen LogP contribution in [0, 0.1) is 0 Å². The van der Waals surface area contributed by atoms with Crippen LogP contribution in [0.4, 0.5) is 0 Å². The lowest BCUT2D eigenvalue weighted by molar-refractivity contribution is 0.0710. The Balaban J connectivity index is 1.61. The van der Waals surface area contributed by atoms with Crippen molar-refractivity contribution in [1.29, 1.82) is 0 Å². The highest BCUT2D eigenvalue weighted by Crippen LogP contribution is 2.19. The summed E-state index contributed by atoms with van der Waals surface area (Å²) in [5.74, 6) is -0.346. The van der Waals surface area contributed by atoms with Gasteiger partial charge in [0.25, 0.3) is 5.91 Å². The van der Waals surface area contributed by atoms with Crippen LogP contribution in [0.1, 0.15) is 50.0 Å². The van der Waals surface area contributed by atoms with Crippen molar-refractivity contribution < 1.29 is 22.7 Å². The van der Waals surface area contributed by atoms with Gasteiger partial charge in [-0.15, -0.1) is 0 Å². The molecule has 2 saturated heterocycles. The van der Waals surface area contributed by atoms with Crippen molar-refractivity contribution in [3.8, 4) is 0 Å². The lowest BCUT2D eigenvalue weighted by Crippen LogP contribution is -2.41. The first kappa shape index (κ1) is 19.3. The standard InChI is InChI=1S/C17H27N3O5S/c1-11(15-5-3-7-24-15)19-17(21)14-9-13(10-18-14)26(22,23)20-12(2)16-6-4-8-25-16/h9-12,15-16,18,20H,3-8H2,1-2H3,(H,19,21)/t11-,12+,15-,16+/m0/s1. The molecule has 2 aliphatic rings. The summed E-state index contributed by atoms with van der Waals surface area (Å²) >= 11 is 0. The quantitative estimate of drug-likeness (QED) is 0.652. The Hall–Kier alpha value is -1.42. The number of hydrogen-bond donors (Lipinski definition) is 3. The van der Waals surface area contributed by atoms with E-state index in [1.54, 1.807) is 6.92 Å². The average molecular weight is 385 g/mol. The summed E-state index contributed by atoms with van der Waals surface area (Å²) < 4.78 is 38.8. The molecule has 1 amide bonds. The van der Waals surface area contributed by atoms with Gasteiger partial charge in [-0.3, -0.25) is 4.79 Å². The summed E-state index contributed by atoms with van der Waals surface area (Å²) in [6.45, 7) is 5.05. The highest BCUT2D eigenvalue weighted by molar-refractivity contribution is 7.89. The van der Waals surface area contributed by atoms with Crippen LogP contribution in [0.2, 0.25) is 0 Å². The van der Waals surface area contributed by atoms with Gasteiger partial charge in [-0.1, -0.05) is 0 Å². The third kappa shape index (κ3) is 4.46. The van der Waals surface area contributed by atoms with Gasteiger partial charge in [0, 0.05) is 25.5 Å². The number of hydrogen-bond acceptors (Lipinski definition) is 5. The van der Waals surface area contributed by atoms with Gasteiger partial charge in [-0.2, -0.15) is 0 Å². The molecule has 4 atom stereocenters. The number of rotatable bonds is 7. The number of ether oxygens (including phenoxy) is 2. The molecule has 1 aromatic heterocycles. The second-order valence-electron chi connectivity index (χ2n) is 7.02. The number of nitrogens with one attached hydrogen (secondary N) is 3. The van der Waals surface area contributed by atoms with Crippen LogP contribution < -0.4 is 10.0 Å². The molecule has 1 aromatic rings. The lowest BCUT2D eigenvalue weighted by atomic mass is 10.1. The molecule has 0 radical (unpaired) electrons. The molecular formula is C17H27N3O5S. The zero-order chi connectivity index (χ0) is 18.7. The molecule has 9 heteroatoms. The second-order valence-corrected chi connectivity index (χ2v) is 8.74. The molecule has 0 aliphatic carbocycles. The smallest absolute Gasteiger partial charge is 0.268 e. The topological polar surface area (TPSA) is 110 Å². The second kappa shape index (κ2) is 8.08. The van der Waals surface area contributed by atoms with Crippen LogP contribution in [0.15, 0.2) is 17.2 Å². The molecule has 0 aromatic carbocycles. The Labute approximate surface area is 154 Å². The van der Waals surface area contributed by atoms with Crippen LogP contribution in [0.3, 0.4) is 0 Å². The Morgan fingerprint density at radius 3 is 2.35 bits per heavy atom. The summed E-state index contributed by atoms with van der Waals surface area (Å²) in [6, 6.07) is 0.891. The molecule has 0 saturated carbocycles. The van der Waals surface area contributed by atoms with Crippen LogP contribution >= 0.6 is 0 Å². The van der Waals surface area contributed by atoms with E-state index in [0.29, 0.717) is 13.2 Å². The van der Waals surface area contributed by atoms with Gasteiger partial charge in [0.15, 0.2) is 0 Å². The molecular weight excluding hydrogens is 358 g/mol. The maximum Gasteiger partial charge on any atom is 0.268 e. The highest BCUT2D eigenvalue weighted by Gasteiger charge is 2.29. The number of amides is 1. The van der Waals surface area contributed by atoms with Crippen molar-refractivity contribution in [2.45, 2.75) is 68.7 Å². The lowest BCUT2D eigenvalue weighted by Gasteiger charge is -2.19. The van der Waals surface area contributed by atoms with Crippen LogP contribution in [0.25, 0.3) is 0 Å². The third-order valence-corrected chi connectivity index (χ3v) is 6.49. The van der Waals surface area contributed by atoms with Crippen molar-refractivity contribution in [3.63, 3.8) is 0 Å². The minimum atomic E-state index is -3.72. The van der Waals surface area contributed by atoms with Gasteiger partial charge >= 0.3 is 0 Å². The predicted molar refractivity (Wildman–Crippen MR) is 95.5 cm³/mol. The number of carbonyl (C=O) groups excluding carboxylic acids is 1. The number of aromatic amines is 1.